The van der Waals surface area contributed by atoms with Gasteiger partial charge in [0.15, 0.2) is 11.3 Å². The van der Waals surface area contributed by atoms with E-state index in [2.05, 4.69) is 25.2 Å². The largest absolute Gasteiger partial charge is 0.417 e. The number of fused-ring (bicyclic) bond motifs is 1. The lowest BCUT2D eigenvalue weighted by atomic mass is 10.1. The first-order valence-electron chi connectivity index (χ1n) is 11.0. The van der Waals surface area contributed by atoms with Gasteiger partial charge in [-0.25, -0.2) is 15.0 Å². The number of benzene rings is 1. The molecule has 0 radical (unpaired) electrons. The highest BCUT2D eigenvalue weighted by Crippen LogP contribution is 2.36. The van der Waals surface area contributed by atoms with Gasteiger partial charge < -0.3 is 14.5 Å². The summed E-state index contributed by atoms with van der Waals surface area (Å²) in [5, 5.41) is 2.72. The number of aromatic nitrogens is 4. The number of nitrogens with one attached hydrogen (secondary N) is 1. The van der Waals surface area contributed by atoms with Crippen molar-refractivity contribution in [2.75, 3.05) is 31.6 Å². The summed E-state index contributed by atoms with van der Waals surface area (Å²) in [4.78, 5) is 28.2. The van der Waals surface area contributed by atoms with Crippen LogP contribution in [0, 0.1) is 0 Å². The van der Waals surface area contributed by atoms with Crippen molar-refractivity contribution in [1.29, 1.82) is 0 Å². The number of anilines is 1. The van der Waals surface area contributed by atoms with Crippen LogP contribution in [-0.2, 0) is 17.5 Å². The monoisotopic (exact) mass is 482 g/mol. The Kier molecular flexibility index (Phi) is 6.18. The number of carbonyl (C=O) groups is 1. The smallest absolute Gasteiger partial charge is 0.379 e. The van der Waals surface area contributed by atoms with Crippen LogP contribution in [0.5, 0.6) is 0 Å². The minimum absolute atomic E-state index is 0.0244. The normalized spacial score (nSPS) is 14.8. The summed E-state index contributed by atoms with van der Waals surface area (Å²) < 4.78 is 47.3. The van der Waals surface area contributed by atoms with Gasteiger partial charge in [-0.1, -0.05) is 24.3 Å². The Morgan fingerprint density at radius 3 is 2.66 bits per heavy atom. The zero-order chi connectivity index (χ0) is 24.4. The molecule has 35 heavy (non-hydrogen) atoms. The van der Waals surface area contributed by atoms with Crippen LogP contribution < -0.4 is 5.32 Å². The van der Waals surface area contributed by atoms with E-state index in [1.807, 2.05) is 6.07 Å². The second kappa shape index (κ2) is 9.43. The fourth-order valence-corrected chi connectivity index (χ4v) is 3.96. The highest BCUT2D eigenvalue weighted by Gasteiger charge is 2.34. The van der Waals surface area contributed by atoms with E-state index in [0.29, 0.717) is 25.6 Å². The number of morpholine rings is 1. The number of amides is 1. The summed E-state index contributed by atoms with van der Waals surface area (Å²) in [5.41, 5.74) is 0.120. The van der Waals surface area contributed by atoms with Crippen molar-refractivity contribution in [3.8, 4) is 11.3 Å². The van der Waals surface area contributed by atoms with Crippen molar-refractivity contribution in [3.63, 3.8) is 0 Å². The van der Waals surface area contributed by atoms with Gasteiger partial charge in [0, 0.05) is 43.8 Å². The minimum atomic E-state index is -4.54. The lowest BCUT2D eigenvalue weighted by Gasteiger charge is -2.26. The molecule has 0 saturated carbocycles. The molecule has 4 aromatic rings. The molecule has 0 spiro atoms. The van der Waals surface area contributed by atoms with Crippen molar-refractivity contribution in [1.82, 2.24) is 24.3 Å². The number of nitrogens with zero attached hydrogens (tertiary/aromatic N) is 5. The third kappa shape index (κ3) is 5.00. The third-order valence-corrected chi connectivity index (χ3v) is 5.64. The Morgan fingerprint density at radius 2 is 1.86 bits per heavy atom. The van der Waals surface area contributed by atoms with E-state index in [4.69, 9.17) is 4.74 Å². The molecular weight excluding hydrogens is 461 g/mol. The number of carbonyl (C=O) groups excluding carboxylic acids is 1. The van der Waals surface area contributed by atoms with Gasteiger partial charge in [0.05, 0.1) is 30.2 Å². The molecule has 1 aliphatic rings. The Morgan fingerprint density at radius 1 is 1.06 bits per heavy atom. The van der Waals surface area contributed by atoms with Gasteiger partial charge in [-0.3, -0.25) is 9.69 Å². The van der Waals surface area contributed by atoms with Gasteiger partial charge in [-0.05, 0) is 18.2 Å². The first-order valence-corrected chi connectivity index (χ1v) is 11.0. The fourth-order valence-electron chi connectivity index (χ4n) is 3.96. The van der Waals surface area contributed by atoms with E-state index in [-0.39, 0.29) is 22.6 Å². The predicted molar refractivity (Wildman–Crippen MR) is 122 cm³/mol. The van der Waals surface area contributed by atoms with Gasteiger partial charge in [-0.15, -0.1) is 0 Å². The average molecular weight is 482 g/mol. The number of hydrogen-bond acceptors (Lipinski definition) is 6. The van der Waals surface area contributed by atoms with Gasteiger partial charge in [0.25, 0.3) is 5.91 Å². The molecule has 3 aromatic heterocycles. The second-order valence-electron chi connectivity index (χ2n) is 8.03. The maximum absolute atomic E-state index is 13.5. The van der Waals surface area contributed by atoms with Crippen LogP contribution in [0.4, 0.5) is 19.0 Å². The first-order chi connectivity index (χ1) is 16.9. The predicted octanol–water partition coefficient (Wildman–Crippen LogP) is 3.89. The summed E-state index contributed by atoms with van der Waals surface area (Å²) in [7, 11) is 0. The Hall–Kier alpha value is -3.83. The first kappa shape index (κ1) is 22.9. The van der Waals surface area contributed by atoms with Crippen molar-refractivity contribution in [2.24, 2.45) is 0 Å². The standard InChI is InChI=1S/C24H21F3N6O2/c25-24(26,27)18-6-2-1-5-17(18)19-15-33-9-8-28-21(22(33)30-19)23(34)31-20-7-3-4-16(29-20)14-32-10-12-35-13-11-32/h1-9,15H,10-14H2,(H,29,31,34). The van der Waals surface area contributed by atoms with Crippen LogP contribution in [0.2, 0.25) is 0 Å². The van der Waals surface area contributed by atoms with E-state index in [1.54, 1.807) is 12.1 Å². The third-order valence-electron chi connectivity index (χ3n) is 5.64. The number of alkyl halides is 3. The van der Waals surface area contributed by atoms with E-state index in [9.17, 15) is 18.0 Å². The summed E-state index contributed by atoms with van der Waals surface area (Å²) in [6.07, 6.45) is -0.173. The number of hydrogen-bond donors (Lipinski definition) is 1. The molecule has 0 aliphatic carbocycles. The summed E-state index contributed by atoms with van der Waals surface area (Å²) in [6, 6.07) is 10.5. The second-order valence-corrected chi connectivity index (χ2v) is 8.03. The molecule has 4 heterocycles. The van der Waals surface area contributed by atoms with Crippen molar-refractivity contribution < 1.29 is 22.7 Å². The lowest BCUT2D eigenvalue weighted by molar-refractivity contribution is -0.137. The number of rotatable bonds is 5. The van der Waals surface area contributed by atoms with Crippen molar-refractivity contribution in [2.45, 2.75) is 12.7 Å². The zero-order valence-electron chi connectivity index (χ0n) is 18.5. The molecule has 1 aromatic carbocycles. The number of ether oxygens (including phenoxy) is 1. The molecule has 1 fully saturated rings. The zero-order valence-corrected chi connectivity index (χ0v) is 18.5. The molecular formula is C24H21F3N6O2. The quantitative estimate of drug-likeness (QED) is 0.465. The molecule has 5 rings (SSSR count). The average Bonchev–Trinajstić information content (AvgIpc) is 3.29. The Bertz CT molecular complexity index is 1360. The number of halogens is 3. The van der Waals surface area contributed by atoms with E-state index in [1.165, 1.54) is 41.2 Å². The molecule has 11 heteroatoms. The highest BCUT2D eigenvalue weighted by atomic mass is 19.4. The molecule has 8 nitrogen and oxygen atoms in total. The van der Waals surface area contributed by atoms with Crippen LogP contribution in [0.3, 0.4) is 0 Å². The van der Waals surface area contributed by atoms with Crippen LogP contribution in [0.15, 0.2) is 61.1 Å². The Balaban J connectivity index is 1.41. The molecule has 1 aliphatic heterocycles. The summed E-state index contributed by atoms with van der Waals surface area (Å²) in [5.74, 6) is -0.216. The number of imidazole rings is 1. The van der Waals surface area contributed by atoms with Crippen LogP contribution in [-0.4, -0.2) is 56.5 Å². The highest BCUT2D eigenvalue weighted by molar-refractivity contribution is 6.06. The number of pyridine rings is 1. The minimum Gasteiger partial charge on any atom is -0.379 e. The fraction of sp³-hybridized carbons (Fsp3) is 0.250. The van der Waals surface area contributed by atoms with Crippen LogP contribution in [0.1, 0.15) is 21.7 Å². The summed E-state index contributed by atoms with van der Waals surface area (Å²) in [6.45, 7) is 3.59. The van der Waals surface area contributed by atoms with E-state index in [0.717, 1.165) is 24.8 Å². The molecule has 0 bridgehead atoms. The van der Waals surface area contributed by atoms with Crippen molar-refractivity contribution >= 4 is 17.4 Å². The van der Waals surface area contributed by atoms with E-state index >= 15 is 0 Å². The molecule has 0 unspecified atom stereocenters. The van der Waals surface area contributed by atoms with Crippen molar-refractivity contribution in [3.05, 3.63) is 78.0 Å². The SMILES string of the molecule is O=C(Nc1cccc(CN2CCOCC2)n1)c1nccn2cc(-c3ccccc3C(F)(F)F)nc12. The molecule has 180 valence electrons. The Labute approximate surface area is 198 Å². The van der Waals surface area contributed by atoms with Gasteiger partial charge in [0.2, 0.25) is 0 Å². The molecule has 1 saturated heterocycles. The van der Waals surface area contributed by atoms with E-state index < -0.39 is 17.6 Å². The van der Waals surface area contributed by atoms with Crippen LogP contribution >= 0.6 is 0 Å². The van der Waals surface area contributed by atoms with Gasteiger partial charge >= 0.3 is 6.18 Å². The lowest BCUT2D eigenvalue weighted by Crippen LogP contribution is -2.35. The maximum Gasteiger partial charge on any atom is 0.417 e. The van der Waals surface area contributed by atoms with Crippen LogP contribution in [0.25, 0.3) is 16.9 Å². The van der Waals surface area contributed by atoms with Gasteiger partial charge in [-0.2, -0.15) is 13.2 Å². The topological polar surface area (TPSA) is 84.7 Å². The molecule has 0 atom stereocenters. The molecule has 1 amide bonds. The van der Waals surface area contributed by atoms with Gasteiger partial charge in [0.1, 0.15) is 5.82 Å². The summed E-state index contributed by atoms with van der Waals surface area (Å²) >= 11 is 0. The molecule has 1 N–H and O–H groups in total. The maximum atomic E-state index is 13.5.